The molecule has 0 aliphatic rings. The molecule has 0 saturated heterocycles. The average Bonchev–Trinajstić information content (AvgIpc) is 3.03. The summed E-state index contributed by atoms with van der Waals surface area (Å²) in [4.78, 5) is 13.3. The summed E-state index contributed by atoms with van der Waals surface area (Å²) in [6.07, 6.45) is 8.34. The van der Waals surface area contributed by atoms with Crippen LogP contribution in [0, 0.1) is 6.92 Å². The Morgan fingerprint density at radius 1 is 0.846 bits per heavy atom. The summed E-state index contributed by atoms with van der Waals surface area (Å²) in [5.41, 5.74) is 6.74. The van der Waals surface area contributed by atoms with E-state index in [9.17, 15) is 0 Å². The molecule has 0 N–H and O–H groups in total. The summed E-state index contributed by atoms with van der Waals surface area (Å²) in [7, 11) is 0. The van der Waals surface area contributed by atoms with E-state index < -0.39 is 0 Å². The predicted octanol–water partition coefficient (Wildman–Crippen LogP) is 4.29. The number of aromatic nitrogens is 4. The van der Waals surface area contributed by atoms with Crippen LogP contribution in [0.4, 0.5) is 0 Å². The molecule has 3 aromatic heterocycles. The Morgan fingerprint density at radius 2 is 1.73 bits per heavy atom. The lowest BCUT2D eigenvalue weighted by molar-refractivity contribution is 0.748. The molecule has 0 fully saturated rings. The van der Waals surface area contributed by atoms with Crippen LogP contribution in [-0.4, -0.2) is 19.5 Å². The van der Waals surface area contributed by atoms with Crippen molar-refractivity contribution in [1.29, 1.82) is 0 Å². The Labute approximate surface area is 153 Å². The zero-order valence-corrected chi connectivity index (χ0v) is 14.7. The minimum absolute atomic E-state index is 0.767. The second-order valence-corrected chi connectivity index (χ2v) is 6.36. The van der Waals surface area contributed by atoms with Crippen molar-refractivity contribution in [2.45, 2.75) is 19.9 Å². The molecule has 4 aromatic rings. The number of rotatable bonds is 5. The summed E-state index contributed by atoms with van der Waals surface area (Å²) < 4.78 is 2.21. The van der Waals surface area contributed by atoms with Gasteiger partial charge in [0.05, 0.1) is 24.3 Å². The predicted molar refractivity (Wildman–Crippen MR) is 103 cm³/mol. The van der Waals surface area contributed by atoms with Crippen LogP contribution < -0.4 is 0 Å². The highest BCUT2D eigenvalue weighted by Crippen LogP contribution is 2.18. The third-order valence-electron chi connectivity index (χ3n) is 4.50. The van der Waals surface area contributed by atoms with E-state index in [1.165, 1.54) is 11.3 Å². The third kappa shape index (κ3) is 3.54. The van der Waals surface area contributed by atoms with Crippen LogP contribution in [-0.2, 0) is 13.0 Å². The van der Waals surface area contributed by atoms with Gasteiger partial charge >= 0.3 is 0 Å². The van der Waals surface area contributed by atoms with Gasteiger partial charge in [0.2, 0.25) is 0 Å². The number of hydrogen-bond acceptors (Lipinski definition) is 3. The van der Waals surface area contributed by atoms with Crippen molar-refractivity contribution in [2.75, 3.05) is 0 Å². The van der Waals surface area contributed by atoms with Gasteiger partial charge in [-0.15, -0.1) is 0 Å². The fourth-order valence-electron chi connectivity index (χ4n) is 3.06. The highest BCUT2D eigenvalue weighted by atomic mass is 15.1. The Hall–Kier alpha value is -3.27. The number of imidazole rings is 1. The van der Waals surface area contributed by atoms with Gasteiger partial charge in [-0.25, -0.2) is 4.98 Å². The Balaban J connectivity index is 1.54. The molecule has 4 heteroatoms. The first-order valence-corrected chi connectivity index (χ1v) is 8.69. The van der Waals surface area contributed by atoms with Crippen molar-refractivity contribution in [3.05, 3.63) is 102 Å². The fourth-order valence-corrected chi connectivity index (χ4v) is 3.06. The van der Waals surface area contributed by atoms with Gasteiger partial charge in [-0.3, -0.25) is 9.97 Å². The van der Waals surface area contributed by atoms with Crippen LogP contribution in [0.2, 0.25) is 0 Å². The van der Waals surface area contributed by atoms with E-state index in [2.05, 4.69) is 56.8 Å². The van der Waals surface area contributed by atoms with Crippen LogP contribution in [0.1, 0.15) is 22.5 Å². The monoisotopic (exact) mass is 340 g/mol. The van der Waals surface area contributed by atoms with Crippen LogP contribution in [0.5, 0.6) is 0 Å². The van der Waals surface area contributed by atoms with Crippen molar-refractivity contribution < 1.29 is 0 Å². The molecule has 0 aliphatic heterocycles. The Bertz CT molecular complexity index is 974. The molecule has 0 atom stereocenters. The first-order valence-electron chi connectivity index (χ1n) is 8.69. The molecule has 0 bridgehead atoms. The van der Waals surface area contributed by atoms with Gasteiger partial charge in [0.15, 0.2) is 0 Å². The van der Waals surface area contributed by atoms with Gasteiger partial charge in [0.25, 0.3) is 0 Å². The fraction of sp³-hybridized carbons (Fsp3) is 0.136. The zero-order valence-electron chi connectivity index (χ0n) is 14.7. The molecule has 0 aliphatic carbocycles. The number of aryl methyl sites for hydroxylation is 1. The van der Waals surface area contributed by atoms with E-state index in [0.717, 1.165) is 35.5 Å². The maximum atomic E-state index is 4.59. The standard InChI is InChI=1S/C22H20N4/c1-17-22(12-18-6-3-2-4-7-18)26(16-25-17)15-19-9-10-21(24-13-19)20-8-5-11-23-14-20/h2-11,13-14,16H,12,15H2,1H3. The second kappa shape index (κ2) is 7.31. The lowest BCUT2D eigenvalue weighted by atomic mass is 10.1. The molecule has 3 heterocycles. The molecule has 128 valence electrons. The SMILES string of the molecule is Cc1ncn(Cc2ccc(-c3cccnc3)nc2)c1Cc1ccccc1. The van der Waals surface area contributed by atoms with Crippen molar-refractivity contribution in [1.82, 2.24) is 19.5 Å². The van der Waals surface area contributed by atoms with E-state index >= 15 is 0 Å². The minimum atomic E-state index is 0.767. The molecule has 1 aromatic carbocycles. The van der Waals surface area contributed by atoms with Gasteiger partial charge in [-0.05, 0) is 36.2 Å². The summed E-state index contributed by atoms with van der Waals surface area (Å²) in [6.45, 7) is 2.84. The zero-order chi connectivity index (χ0) is 17.8. The quantitative estimate of drug-likeness (QED) is 0.544. The Morgan fingerprint density at radius 3 is 2.46 bits per heavy atom. The van der Waals surface area contributed by atoms with Crippen molar-refractivity contribution in [3.8, 4) is 11.3 Å². The lowest BCUT2D eigenvalue weighted by Gasteiger charge is -2.10. The summed E-state index contributed by atoms with van der Waals surface area (Å²) in [5, 5.41) is 0. The third-order valence-corrected chi connectivity index (χ3v) is 4.50. The minimum Gasteiger partial charge on any atom is -0.330 e. The van der Waals surface area contributed by atoms with Crippen molar-refractivity contribution >= 4 is 0 Å². The Kier molecular flexibility index (Phi) is 4.56. The van der Waals surface area contributed by atoms with Crippen molar-refractivity contribution in [3.63, 3.8) is 0 Å². The molecule has 26 heavy (non-hydrogen) atoms. The number of nitrogens with zero attached hydrogens (tertiary/aromatic N) is 4. The molecule has 4 rings (SSSR count). The van der Waals surface area contributed by atoms with Gasteiger partial charge in [0, 0.05) is 36.3 Å². The van der Waals surface area contributed by atoms with E-state index in [1.807, 2.05) is 43.0 Å². The van der Waals surface area contributed by atoms with Crippen LogP contribution in [0.3, 0.4) is 0 Å². The number of pyridine rings is 2. The first kappa shape index (κ1) is 16.2. The molecule has 4 nitrogen and oxygen atoms in total. The lowest BCUT2D eigenvalue weighted by Crippen LogP contribution is -2.05. The molecule has 0 radical (unpaired) electrons. The summed E-state index contributed by atoms with van der Waals surface area (Å²) in [6, 6.07) is 18.6. The van der Waals surface area contributed by atoms with Gasteiger partial charge in [0.1, 0.15) is 0 Å². The van der Waals surface area contributed by atoms with E-state index in [4.69, 9.17) is 0 Å². The average molecular weight is 340 g/mol. The maximum Gasteiger partial charge on any atom is 0.0954 e. The molecular formula is C22H20N4. The number of benzene rings is 1. The van der Waals surface area contributed by atoms with E-state index in [1.54, 1.807) is 6.20 Å². The smallest absolute Gasteiger partial charge is 0.0954 e. The van der Waals surface area contributed by atoms with Gasteiger partial charge < -0.3 is 4.57 Å². The molecule has 0 unspecified atom stereocenters. The highest BCUT2D eigenvalue weighted by molar-refractivity contribution is 5.57. The molecule has 0 spiro atoms. The second-order valence-electron chi connectivity index (χ2n) is 6.36. The largest absolute Gasteiger partial charge is 0.330 e. The maximum absolute atomic E-state index is 4.59. The number of hydrogen-bond donors (Lipinski definition) is 0. The molecule has 0 saturated carbocycles. The van der Waals surface area contributed by atoms with Crippen molar-refractivity contribution in [2.24, 2.45) is 0 Å². The van der Waals surface area contributed by atoms with Gasteiger partial charge in [-0.2, -0.15) is 0 Å². The van der Waals surface area contributed by atoms with Crippen LogP contribution in [0.15, 0.2) is 79.5 Å². The summed E-state index contributed by atoms with van der Waals surface area (Å²) >= 11 is 0. The van der Waals surface area contributed by atoms with Crippen LogP contribution in [0.25, 0.3) is 11.3 Å². The van der Waals surface area contributed by atoms with E-state index in [0.29, 0.717) is 0 Å². The topological polar surface area (TPSA) is 43.6 Å². The van der Waals surface area contributed by atoms with Crippen LogP contribution >= 0.6 is 0 Å². The van der Waals surface area contributed by atoms with Gasteiger partial charge in [-0.1, -0.05) is 36.4 Å². The molecular weight excluding hydrogens is 320 g/mol. The molecule has 0 amide bonds. The summed E-state index contributed by atoms with van der Waals surface area (Å²) in [5.74, 6) is 0. The highest BCUT2D eigenvalue weighted by Gasteiger charge is 2.09. The first-order chi connectivity index (χ1) is 12.8. The normalized spacial score (nSPS) is 10.8. The van der Waals surface area contributed by atoms with E-state index in [-0.39, 0.29) is 0 Å².